The number of aliphatic hydroxyl groups is 1. The summed E-state index contributed by atoms with van der Waals surface area (Å²) in [5.74, 6) is 0. The summed E-state index contributed by atoms with van der Waals surface area (Å²) in [4.78, 5) is 4.91. The number of hydrogen-bond donors (Lipinski definition) is 2. The summed E-state index contributed by atoms with van der Waals surface area (Å²) in [5.41, 5.74) is 3.63. The molecule has 0 bridgehead atoms. The molecule has 1 aliphatic heterocycles. The molecule has 4 nitrogen and oxygen atoms in total. The number of β-amino-alcohol motifs (C(OH)–C–C–N with tert-alkyl or cyclic N) is 1. The molecule has 0 saturated carbocycles. The summed E-state index contributed by atoms with van der Waals surface area (Å²) in [7, 11) is 0. The maximum atomic E-state index is 10.5. The molecule has 1 fully saturated rings. The number of rotatable bonds is 8. The van der Waals surface area contributed by atoms with Crippen molar-refractivity contribution in [2.75, 3.05) is 44.6 Å². The predicted molar refractivity (Wildman–Crippen MR) is 129 cm³/mol. The number of piperazine rings is 1. The van der Waals surface area contributed by atoms with Crippen molar-refractivity contribution in [1.29, 1.82) is 0 Å². The molecule has 0 aliphatic carbocycles. The van der Waals surface area contributed by atoms with E-state index in [1.807, 2.05) is 24.3 Å². The topological polar surface area (TPSA) is 38.7 Å². The molecule has 2 N–H and O–H groups in total. The minimum Gasteiger partial charge on any atom is -0.390 e. The summed E-state index contributed by atoms with van der Waals surface area (Å²) in [6.45, 7) is 5.06. The van der Waals surface area contributed by atoms with Crippen LogP contribution in [0.3, 0.4) is 0 Å². The molecule has 0 radical (unpaired) electrons. The molecule has 1 aliphatic rings. The van der Waals surface area contributed by atoms with E-state index in [0.717, 1.165) is 31.9 Å². The van der Waals surface area contributed by atoms with Gasteiger partial charge in [0.25, 0.3) is 0 Å². The molecular weight excluding hydrogens is 406 g/mol. The number of hydrogen-bond acceptors (Lipinski definition) is 4. The van der Waals surface area contributed by atoms with Crippen LogP contribution in [0.15, 0.2) is 84.9 Å². The Balaban J connectivity index is 1.32. The molecule has 4 rings (SSSR count). The summed E-state index contributed by atoms with van der Waals surface area (Å²) in [6.07, 6.45) is -0.415. The zero-order valence-electron chi connectivity index (χ0n) is 17.7. The van der Waals surface area contributed by atoms with Gasteiger partial charge in [-0.15, -0.1) is 0 Å². The lowest BCUT2D eigenvalue weighted by molar-refractivity contribution is 0.0672. The van der Waals surface area contributed by atoms with E-state index in [1.165, 1.54) is 11.1 Å². The van der Waals surface area contributed by atoms with Crippen LogP contribution in [-0.2, 0) is 0 Å². The van der Waals surface area contributed by atoms with E-state index >= 15 is 0 Å². The Morgan fingerprint density at radius 1 is 0.774 bits per heavy atom. The van der Waals surface area contributed by atoms with Crippen molar-refractivity contribution in [2.45, 2.75) is 12.1 Å². The first kappa shape index (κ1) is 21.8. The Morgan fingerprint density at radius 2 is 1.32 bits per heavy atom. The first-order chi connectivity index (χ1) is 15.2. The van der Waals surface area contributed by atoms with E-state index in [0.29, 0.717) is 18.1 Å². The number of benzene rings is 3. The van der Waals surface area contributed by atoms with Crippen LogP contribution in [-0.4, -0.2) is 60.3 Å². The number of aliphatic hydroxyl groups excluding tert-OH is 1. The summed E-state index contributed by atoms with van der Waals surface area (Å²) in [6, 6.07) is 29.3. The number of halogens is 1. The maximum Gasteiger partial charge on any atom is 0.0839 e. The quantitative estimate of drug-likeness (QED) is 0.545. The zero-order chi connectivity index (χ0) is 21.5. The van der Waals surface area contributed by atoms with Gasteiger partial charge in [-0.3, -0.25) is 9.80 Å². The first-order valence-corrected chi connectivity index (χ1v) is 11.3. The van der Waals surface area contributed by atoms with Crippen molar-refractivity contribution in [3.05, 3.63) is 101 Å². The van der Waals surface area contributed by atoms with E-state index in [2.05, 4.69) is 75.8 Å². The van der Waals surface area contributed by atoms with Crippen LogP contribution in [0.2, 0.25) is 5.02 Å². The predicted octanol–water partition coefficient (Wildman–Crippen LogP) is 4.52. The average molecular weight is 436 g/mol. The summed E-state index contributed by atoms with van der Waals surface area (Å²) < 4.78 is 0. The van der Waals surface area contributed by atoms with Gasteiger partial charge in [0.05, 0.1) is 12.1 Å². The molecule has 3 aromatic rings. The van der Waals surface area contributed by atoms with Gasteiger partial charge in [0.15, 0.2) is 0 Å². The lowest BCUT2D eigenvalue weighted by Gasteiger charge is -2.40. The lowest BCUT2D eigenvalue weighted by atomic mass is 9.96. The first-order valence-electron chi connectivity index (χ1n) is 10.9. The SMILES string of the molecule is OC(CNc1ccc(Cl)cc1)CN1CCN(C(c2ccccc2)c2ccccc2)CC1. The third-order valence-electron chi connectivity index (χ3n) is 5.86. The monoisotopic (exact) mass is 435 g/mol. The molecule has 1 atom stereocenters. The second-order valence-corrected chi connectivity index (χ2v) is 8.54. The fourth-order valence-electron chi connectivity index (χ4n) is 4.25. The van der Waals surface area contributed by atoms with Crippen molar-refractivity contribution in [3.8, 4) is 0 Å². The van der Waals surface area contributed by atoms with E-state index in [1.54, 1.807) is 0 Å². The van der Waals surface area contributed by atoms with Crippen molar-refractivity contribution >= 4 is 17.3 Å². The Bertz CT molecular complexity index is 873. The molecule has 31 heavy (non-hydrogen) atoms. The minimum absolute atomic E-state index is 0.265. The van der Waals surface area contributed by atoms with Crippen molar-refractivity contribution in [3.63, 3.8) is 0 Å². The smallest absolute Gasteiger partial charge is 0.0839 e. The Labute approximate surface area is 190 Å². The van der Waals surface area contributed by atoms with Crippen LogP contribution in [0.1, 0.15) is 17.2 Å². The van der Waals surface area contributed by atoms with Gasteiger partial charge in [-0.05, 0) is 35.4 Å². The molecule has 1 unspecified atom stereocenters. The fraction of sp³-hybridized carbons (Fsp3) is 0.308. The minimum atomic E-state index is -0.415. The Morgan fingerprint density at radius 3 is 1.87 bits per heavy atom. The van der Waals surface area contributed by atoms with Crippen LogP contribution in [0.5, 0.6) is 0 Å². The van der Waals surface area contributed by atoms with E-state index in [4.69, 9.17) is 11.6 Å². The van der Waals surface area contributed by atoms with Gasteiger partial charge in [0.2, 0.25) is 0 Å². The van der Waals surface area contributed by atoms with Crippen molar-refractivity contribution in [2.24, 2.45) is 0 Å². The van der Waals surface area contributed by atoms with E-state index in [9.17, 15) is 5.11 Å². The van der Waals surface area contributed by atoms with Gasteiger partial charge in [0.1, 0.15) is 0 Å². The summed E-state index contributed by atoms with van der Waals surface area (Å²) in [5, 5.41) is 14.5. The van der Waals surface area contributed by atoms with Crippen molar-refractivity contribution < 1.29 is 5.11 Å². The molecular formula is C26H30ClN3O. The van der Waals surface area contributed by atoms with Crippen LogP contribution in [0.4, 0.5) is 5.69 Å². The van der Waals surface area contributed by atoms with Crippen molar-refractivity contribution in [1.82, 2.24) is 9.80 Å². The van der Waals surface area contributed by atoms with Crippen LogP contribution in [0.25, 0.3) is 0 Å². The third kappa shape index (κ3) is 6.08. The normalized spacial score (nSPS) is 16.4. The standard InChI is InChI=1S/C26H30ClN3O/c27-23-11-13-24(14-12-23)28-19-25(31)20-29-15-17-30(18-16-29)26(21-7-3-1-4-8-21)22-9-5-2-6-10-22/h1-14,25-26,28,31H,15-20H2. The number of nitrogens with zero attached hydrogens (tertiary/aromatic N) is 2. The molecule has 0 spiro atoms. The molecule has 1 heterocycles. The molecule has 0 amide bonds. The highest BCUT2D eigenvalue weighted by molar-refractivity contribution is 6.30. The highest BCUT2D eigenvalue weighted by atomic mass is 35.5. The summed E-state index contributed by atoms with van der Waals surface area (Å²) >= 11 is 5.93. The fourth-order valence-corrected chi connectivity index (χ4v) is 4.38. The van der Waals surface area contributed by atoms with Gasteiger partial charge >= 0.3 is 0 Å². The molecule has 0 aromatic heterocycles. The van der Waals surface area contributed by atoms with Gasteiger partial charge < -0.3 is 10.4 Å². The molecule has 3 aromatic carbocycles. The van der Waals surface area contributed by atoms with Gasteiger partial charge in [0, 0.05) is 50.0 Å². The zero-order valence-corrected chi connectivity index (χ0v) is 18.5. The van der Waals surface area contributed by atoms with Gasteiger partial charge in [-0.1, -0.05) is 72.3 Å². The Kier molecular flexibility index (Phi) is 7.60. The van der Waals surface area contributed by atoms with Gasteiger partial charge in [-0.25, -0.2) is 0 Å². The van der Waals surface area contributed by atoms with Crippen LogP contribution in [0, 0.1) is 0 Å². The number of anilines is 1. The maximum absolute atomic E-state index is 10.5. The molecule has 5 heteroatoms. The van der Waals surface area contributed by atoms with Gasteiger partial charge in [-0.2, -0.15) is 0 Å². The molecule has 162 valence electrons. The van der Waals surface area contributed by atoms with E-state index in [-0.39, 0.29) is 6.04 Å². The number of nitrogens with one attached hydrogen (secondary N) is 1. The third-order valence-corrected chi connectivity index (χ3v) is 6.11. The lowest BCUT2D eigenvalue weighted by Crippen LogP contribution is -2.50. The van der Waals surface area contributed by atoms with E-state index < -0.39 is 6.10 Å². The molecule has 1 saturated heterocycles. The highest BCUT2D eigenvalue weighted by Crippen LogP contribution is 2.29. The highest BCUT2D eigenvalue weighted by Gasteiger charge is 2.26. The largest absolute Gasteiger partial charge is 0.390 e. The average Bonchev–Trinajstić information content (AvgIpc) is 2.81. The second kappa shape index (κ2) is 10.8. The van der Waals surface area contributed by atoms with Crippen LogP contribution >= 0.6 is 11.6 Å². The Hall–Kier alpha value is -2.37. The van der Waals surface area contributed by atoms with Crippen LogP contribution < -0.4 is 5.32 Å². The second-order valence-electron chi connectivity index (χ2n) is 8.10.